The SMILES string of the molecule is CCOC(=O)OC(C)OC(=O)CCC(=O)OC(C)OC(C)=O. The maximum absolute atomic E-state index is 11.4. The van der Waals surface area contributed by atoms with Crippen molar-refractivity contribution in [1.29, 1.82) is 0 Å². The van der Waals surface area contributed by atoms with Crippen LogP contribution in [0, 0.1) is 0 Å². The first-order valence-corrected chi connectivity index (χ1v) is 6.64. The number of carbonyl (C=O) groups excluding carboxylic acids is 4. The van der Waals surface area contributed by atoms with Crippen molar-refractivity contribution in [3.8, 4) is 0 Å². The van der Waals surface area contributed by atoms with Crippen LogP contribution in [0.5, 0.6) is 0 Å². The van der Waals surface area contributed by atoms with Crippen LogP contribution in [0.25, 0.3) is 0 Å². The first-order chi connectivity index (χ1) is 10.2. The van der Waals surface area contributed by atoms with Gasteiger partial charge in [-0.1, -0.05) is 0 Å². The lowest BCUT2D eigenvalue weighted by atomic mass is 10.3. The predicted molar refractivity (Wildman–Crippen MR) is 70.2 cm³/mol. The Kier molecular flexibility index (Phi) is 9.31. The van der Waals surface area contributed by atoms with E-state index in [-0.39, 0.29) is 19.4 Å². The van der Waals surface area contributed by atoms with Crippen molar-refractivity contribution in [1.82, 2.24) is 0 Å². The number of ether oxygens (including phenoxy) is 5. The predicted octanol–water partition coefficient (Wildman–Crippen LogP) is 1.28. The van der Waals surface area contributed by atoms with Gasteiger partial charge in [0, 0.05) is 20.8 Å². The quantitative estimate of drug-likeness (QED) is 0.370. The normalized spacial score (nSPS) is 12.5. The van der Waals surface area contributed by atoms with E-state index in [1.54, 1.807) is 6.92 Å². The van der Waals surface area contributed by atoms with Crippen LogP contribution in [-0.4, -0.2) is 43.3 Å². The second-order valence-electron chi connectivity index (χ2n) is 4.03. The molecule has 0 aliphatic carbocycles. The molecule has 0 aromatic rings. The lowest BCUT2D eigenvalue weighted by Crippen LogP contribution is -2.24. The monoisotopic (exact) mass is 320 g/mol. The third kappa shape index (κ3) is 10.5. The lowest BCUT2D eigenvalue weighted by molar-refractivity contribution is -0.185. The summed E-state index contributed by atoms with van der Waals surface area (Å²) in [6.07, 6.45) is -3.68. The highest BCUT2D eigenvalue weighted by atomic mass is 16.8. The molecule has 0 bridgehead atoms. The van der Waals surface area contributed by atoms with Crippen molar-refractivity contribution in [2.24, 2.45) is 0 Å². The van der Waals surface area contributed by atoms with Gasteiger partial charge >= 0.3 is 24.1 Å². The zero-order valence-electron chi connectivity index (χ0n) is 13.0. The minimum Gasteiger partial charge on any atom is -0.435 e. The van der Waals surface area contributed by atoms with Crippen LogP contribution in [0.3, 0.4) is 0 Å². The number of hydrogen-bond acceptors (Lipinski definition) is 9. The summed E-state index contributed by atoms with van der Waals surface area (Å²) < 4.78 is 23.1. The van der Waals surface area contributed by atoms with Gasteiger partial charge in [-0.05, 0) is 6.92 Å². The molecular formula is C13H20O9. The van der Waals surface area contributed by atoms with Crippen molar-refractivity contribution in [2.45, 2.75) is 53.1 Å². The summed E-state index contributed by atoms with van der Waals surface area (Å²) >= 11 is 0. The zero-order chi connectivity index (χ0) is 17.1. The molecule has 2 atom stereocenters. The number of carbonyl (C=O) groups is 4. The van der Waals surface area contributed by atoms with E-state index < -0.39 is 36.6 Å². The van der Waals surface area contributed by atoms with E-state index in [1.807, 2.05) is 0 Å². The summed E-state index contributed by atoms with van der Waals surface area (Å²) in [5.41, 5.74) is 0. The minimum absolute atomic E-state index is 0.131. The average molecular weight is 320 g/mol. The fourth-order valence-electron chi connectivity index (χ4n) is 1.26. The van der Waals surface area contributed by atoms with Crippen molar-refractivity contribution in [3.05, 3.63) is 0 Å². The van der Waals surface area contributed by atoms with Crippen molar-refractivity contribution in [3.63, 3.8) is 0 Å². The standard InChI is InChI=1S/C13H20O9/c1-5-18-13(17)22-10(4)21-12(16)7-6-11(15)20-9(3)19-8(2)14/h9-10H,5-7H2,1-4H3. The molecule has 0 aromatic carbocycles. The summed E-state index contributed by atoms with van der Waals surface area (Å²) in [5, 5.41) is 0. The van der Waals surface area contributed by atoms with E-state index in [4.69, 9.17) is 9.47 Å². The molecule has 0 spiro atoms. The first-order valence-electron chi connectivity index (χ1n) is 6.64. The largest absolute Gasteiger partial charge is 0.511 e. The van der Waals surface area contributed by atoms with Gasteiger partial charge in [-0.15, -0.1) is 0 Å². The summed E-state index contributed by atoms with van der Waals surface area (Å²) in [6, 6.07) is 0. The molecule has 0 N–H and O–H groups in total. The molecule has 0 heterocycles. The number of hydrogen-bond donors (Lipinski definition) is 0. The van der Waals surface area contributed by atoms with Crippen LogP contribution in [-0.2, 0) is 38.1 Å². The molecule has 0 radical (unpaired) electrons. The van der Waals surface area contributed by atoms with E-state index in [9.17, 15) is 19.2 Å². The van der Waals surface area contributed by atoms with Gasteiger partial charge in [-0.3, -0.25) is 14.4 Å². The third-order valence-corrected chi connectivity index (χ3v) is 1.98. The highest BCUT2D eigenvalue weighted by Crippen LogP contribution is 2.04. The average Bonchev–Trinajstić information content (AvgIpc) is 2.35. The molecule has 0 amide bonds. The van der Waals surface area contributed by atoms with Gasteiger partial charge in [-0.2, -0.15) is 0 Å². The smallest absolute Gasteiger partial charge is 0.435 e. The maximum atomic E-state index is 11.4. The summed E-state index contributed by atoms with van der Waals surface area (Å²) in [5.74, 6) is -2.08. The molecule has 9 heteroatoms. The first kappa shape index (κ1) is 19.7. The second-order valence-corrected chi connectivity index (χ2v) is 4.03. The minimum atomic E-state index is -1.14. The second kappa shape index (κ2) is 10.4. The van der Waals surface area contributed by atoms with Gasteiger partial charge in [0.15, 0.2) is 0 Å². The molecule has 0 saturated heterocycles. The molecule has 0 aliphatic heterocycles. The van der Waals surface area contributed by atoms with E-state index in [0.717, 1.165) is 0 Å². The van der Waals surface area contributed by atoms with Crippen molar-refractivity contribution >= 4 is 24.1 Å². The highest BCUT2D eigenvalue weighted by Gasteiger charge is 2.17. The molecule has 9 nitrogen and oxygen atoms in total. The Bertz CT molecular complexity index is 404. The molecule has 2 unspecified atom stereocenters. The van der Waals surface area contributed by atoms with Gasteiger partial charge in [-0.25, -0.2) is 4.79 Å². The van der Waals surface area contributed by atoms with E-state index >= 15 is 0 Å². The summed E-state index contributed by atoms with van der Waals surface area (Å²) in [4.78, 5) is 44.4. The van der Waals surface area contributed by atoms with Gasteiger partial charge in [0.1, 0.15) is 0 Å². The van der Waals surface area contributed by atoms with Crippen LogP contribution >= 0.6 is 0 Å². The van der Waals surface area contributed by atoms with Crippen LogP contribution in [0.4, 0.5) is 4.79 Å². The molecule has 0 aliphatic rings. The Morgan fingerprint density at radius 1 is 0.818 bits per heavy atom. The Morgan fingerprint density at radius 2 is 1.27 bits per heavy atom. The van der Waals surface area contributed by atoms with E-state index in [0.29, 0.717) is 0 Å². The van der Waals surface area contributed by atoms with Crippen LogP contribution in [0.2, 0.25) is 0 Å². The van der Waals surface area contributed by atoms with Gasteiger partial charge < -0.3 is 23.7 Å². The molecule has 0 saturated carbocycles. The Morgan fingerprint density at radius 3 is 1.68 bits per heavy atom. The Balaban J connectivity index is 3.95. The number of esters is 3. The molecular weight excluding hydrogens is 300 g/mol. The molecule has 0 rings (SSSR count). The van der Waals surface area contributed by atoms with E-state index in [1.165, 1.54) is 20.8 Å². The fraction of sp³-hybridized carbons (Fsp3) is 0.692. The van der Waals surface area contributed by atoms with Crippen molar-refractivity contribution < 1.29 is 42.9 Å². The summed E-state index contributed by atoms with van der Waals surface area (Å²) in [6.45, 7) is 5.60. The molecule has 0 aromatic heterocycles. The van der Waals surface area contributed by atoms with Crippen molar-refractivity contribution in [2.75, 3.05) is 6.61 Å². The fourth-order valence-corrected chi connectivity index (χ4v) is 1.26. The summed E-state index contributed by atoms with van der Waals surface area (Å²) in [7, 11) is 0. The third-order valence-electron chi connectivity index (χ3n) is 1.98. The van der Waals surface area contributed by atoms with Gasteiger partial charge in [0.05, 0.1) is 19.4 Å². The lowest BCUT2D eigenvalue weighted by Gasteiger charge is -2.14. The van der Waals surface area contributed by atoms with Gasteiger partial charge in [0.2, 0.25) is 12.6 Å². The molecule has 126 valence electrons. The zero-order valence-corrected chi connectivity index (χ0v) is 13.0. The van der Waals surface area contributed by atoms with E-state index in [2.05, 4.69) is 14.2 Å². The molecule has 22 heavy (non-hydrogen) atoms. The van der Waals surface area contributed by atoms with Crippen LogP contribution in [0.15, 0.2) is 0 Å². The maximum Gasteiger partial charge on any atom is 0.511 e. The van der Waals surface area contributed by atoms with Crippen LogP contribution < -0.4 is 0 Å². The Hall–Kier alpha value is -2.32. The highest BCUT2D eigenvalue weighted by molar-refractivity contribution is 5.78. The van der Waals surface area contributed by atoms with Gasteiger partial charge in [0.25, 0.3) is 0 Å². The Labute approximate surface area is 127 Å². The molecule has 0 fully saturated rings. The topological polar surface area (TPSA) is 114 Å². The number of rotatable bonds is 8. The van der Waals surface area contributed by atoms with Crippen LogP contribution in [0.1, 0.15) is 40.5 Å².